The van der Waals surface area contributed by atoms with E-state index in [1.165, 1.54) is 4.57 Å². The summed E-state index contributed by atoms with van der Waals surface area (Å²) in [5.74, 6) is -1.59. The van der Waals surface area contributed by atoms with Crippen LogP contribution in [0.4, 0.5) is 5.69 Å². The fourth-order valence-corrected chi connectivity index (χ4v) is 3.50. The lowest BCUT2D eigenvalue weighted by molar-refractivity contribution is -0.148. The summed E-state index contributed by atoms with van der Waals surface area (Å²) in [4.78, 5) is 38.3. The molecule has 2 heterocycles. The highest BCUT2D eigenvalue weighted by molar-refractivity contribution is 5.97. The molecule has 138 valence electrons. The van der Waals surface area contributed by atoms with Crippen molar-refractivity contribution in [2.45, 2.75) is 25.9 Å². The molecule has 0 N–H and O–H groups in total. The van der Waals surface area contributed by atoms with E-state index in [2.05, 4.69) is 0 Å². The number of hydrogen-bond acceptors (Lipinski definition) is 5. The van der Waals surface area contributed by atoms with Crippen molar-refractivity contribution in [1.82, 2.24) is 4.57 Å². The zero-order valence-electron chi connectivity index (χ0n) is 14.8. The van der Waals surface area contributed by atoms with Crippen LogP contribution in [0.5, 0.6) is 0 Å². The van der Waals surface area contributed by atoms with E-state index in [9.17, 15) is 14.4 Å². The summed E-state index contributed by atoms with van der Waals surface area (Å²) in [6.07, 6.45) is 0.770. The van der Waals surface area contributed by atoms with Crippen molar-refractivity contribution < 1.29 is 18.7 Å². The Morgan fingerprint density at radius 2 is 1.89 bits per heavy atom. The van der Waals surface area contributed by atoms with Crippen LogP contribution in [-0.2, 0) is 27.3 Å². The maximum Gasteiger partial charge on any atom is 0.420 e. The van der Waals surface area contributed by atoms with E-state index in [-0.39, 0.29) is 25.1 Å². The van der Waals surface area contributed by atoms with Gasteiger partial charge in [0.2, 0.25) is 0 Å². The number of ether oxygens (including phenoxy) is 1. The molecule has 0 unspecified atom stereocenters. The van der Waals surface area contributed by atoms with Crippen LogP contribution >= 0.6 is 0 Å². The van der Waals surface area contributed by atoms with Crippen LogP contribution in [0.25, 0.3) is 11.1 Å². The number of hydrogen-bond donors (Lipinski definition) is 0. The number of benzene rings is 2. The second-order valence-corrected chi connectivity index (χ2v) is 6.53. The topological polar surface area (TPSA) is 81.8 Å². The molecule has 0 spiro atoms. The van der Waals surface area contributed by atoms with E-state index in [0.29, 0.717) is 11.1 Å². The summed E-state index contributed by atoms with van der Waals surface area (Å²) in [5, 5.41) is 0. The van der Waals surface area contributed by atoms with Gasteiger partial charge in [0.05, 0.1) is 5.52 Å². The Morgan fingerprint density at radius 3 is 2.74 bits per heavy atom. The summed E-state index contributed by atoms with van der Waals surface area (Å²) in [6, 6.07) is 14.5. The van der Waals surface area contributed by atoms with Gasteiger partial charge in [0.1, 0.15) is 6.54 Å². The molecule has 4 rings (SSSR count). The maximum absolute atomic E-state index is 12.6. The van der Waals surface area contributed by atoms with E-state index in [1.54, 1.807) is 29.2 Å². The first kappa shape index (κ1) is 17.1. The number of nitrogens with zero attached hydrogens (tertiary/aromatic N) is 2. The maximum atomic E-state index is 12.6. The summed E-state index contributed by atoms with van der Waals surface area (Å²) in [5.41, 5.74) is 2.85. The Kier molecular flexibility index (Phi) is 4.27. The van der Waals surface area contributed by atoms with Crippen LogP contribution < -0.4 is 10.7 Å². The van der Waals surface area contributed by atoms with Gasteiger partial charge in [0.15, 0.2) is 12.2 Å². The minimum absolute atomic E-state index is 0.00837. The third kappa shape index (κ3) is 3.12. The van der Waals surface area contributed by atoms with Crippen LogP contribution in [0.1, 0.15) is 12.5 Å². The molecule has 0 fully saturated rings. The fourth-order valence-electron chi connectivity index (χ4n) is 3.50. The average molecular weight is 366 g/mol. The Hall–Kier alpha value is -3.35. The number of rotatable bonds is 4. The van der Waals surface area contributed by atoms with Gasteiger partial charge >= 0.3 is 11.7 Å². The van der Waals surface area contributed by atoms with E-state index in [1.807, 2.05) is 31.2 Å². The number of esters is 1. The van der Waals surface area contributed by atoms with Gasteiger partial charge < -0.3 is 14.1 Å². The van der Waals surface area contributed by atoms with Gasteiger partial charge in [-0.15, -0.1) is 0 Å². The Balaban J connectivity index is 1.43. The average Bonchev–Trinajstić information content (AvgIpc) is 3.16. The zero-order valence-corrected chi connectivity index (χ0v) is 14.8. The van der Waals surface area contributed by atoms with Gasteiger partial charge in [-0.2, -0.15) is 0 Å². The number of amides is 1. The molecule has 3 aromatic rings. The smallest absolute Gasteiger partial charge is 0.420 e. The predicted molar refractivity (Wildman–Crippen MR) is 98.5 cm³/mol. The van der Waals surface area contributed by atoms with Crippen molar-refractivity contribution in [1.29, 1.82) is 0 Å². The Bertz CT molecular complexity index is 1080. The first-order valence-corrected chi connectivity index (χ1v) is 8.68. The zero-order chi connectivity index (χ0) is 19.0. The molecule has 0 aliphatic carbocycles. The van der Waals surface area contributed by atoms with E-state index < -0.39 is 11.7 Å². The number of aromatic nitrogens is 1. The molecule has 2 aromatic carbocycles. The molecule has 1 atom stereocenters. The summed E-state index contributed by atoms with van der Waals surface area (Å²) in [6.45, 7) is 1.27. The van der Waals surface area contributed by atoms with Gasteiger partial charge in [0.25, 0.3) is 5.91 Å². The van der Waals surface area contributed by atoms with E-state index in [0.717, 1.165) is 17.7 Å². The fraction of sp³-hybridized carbons (Fsp3) is 0.250. The monoisotopic (exact) mass is 366 g/mol. The van der Waals surface area contributed by atoms with E-state index >= 15 is 0 Å². The third-order valence-corrected chi connectivity index (χ3v) is 4.69. The van der Waals surface area contributed by atoms with Crippen molar-refractivity contribution in [2.75, 3.05) is 11.5 Å². The normalized spacial score (nSPS) is 15.7. The van der Waals surface area contributed by atoms with Crippen LogP contribution in [0, 0.1) is 0 Å². The summed E-state index contributed by atoms with van der Waals surface area (Å²) in [7, 11) is 0. The minimum atomic E-state index is -0.669. The molecule has 1 aromatic heterocycles. The van der Waals surface area contributed by atoms with Crippen LogP contribution in [0.2, 0.25) is 0 Å². The van der Waals surface area contributed by atoms with Gasteiger partial charge in [-0.1, -0.05) is 30.3 Å². The lowest BCUT2D eigenvalue weighted by Gasteiger charge is -2.22. The number of carbonyl (C=O) groups is 2. The van der Waals surface area contributed by atoms with Crippen LogP contribution in [-0.4, -0.2) is 29.1 Å². The molecule has 0 radical (unpaired) electrons. The molecule has 7 nitrogen and oxygen atoms in total. The van der Waals surface area contributed by atoms with Crippen molar-refractivity contribution in [3.05, 3.63) is 64.6 Å². The number of para-hydroxylation sites is 3. The van der Waals surface area contributed by atoms with Gasteiger partial charge in [-0.05, 0) is 37.1 Å². The van der Waals surface area contributed by atoms with Crippen molar-refractivity contribution in [3.63, 3.8) is 0 Å². The first-order valence-electron chi connectivity index (χ1n) is 8.68. The number of carbonyl (C=O) groups excluding carboxylic acids is 2. The molecule has 0 saturated carbocycles. The molecular weight excluding hydrogens is 348 g/mol. The highest BCUT2D eigenvalue weighted by Crippen LogP contribution is 2.31. The SMILES string of the molecule is C[C@H]1Cc2ccccc2N1C(=O)COC(=O)Cn1c(=O)oc2ccccc21. The largest absolute Gasteiger partial charge is 0.454 e. The lowest BCUT2D eigenvalue weighted by atomic mass is 10.1. The van der Waals surface area contributed by atoms with Crippen molar-refractivity contribution >= 4 is 28.7 Å². The third-order valence-electron chi connectivity index (χ3n) is 4.69. The minimum Gasteiger partial charge on any atom is -0.454 e. The Labute approximate surface area is 154 Å². The van der Waals surface area contributed by atoms with Gasteiger partial charge in [0, 0.05) is 11.7 Å². The quantitative estimate of drug-likeness (QED) is 0.661. The van der Waals surface area contributed by atoms with Gasteiger partial charge in [-0.25, -0.2) is 4.79 Å². The predicted octanol–water partition coefficient (Wildman–Crippen LogP) is 2.12. The summed E-state index contributed by atoms with van der Waals surface area (Å²) >= 11 is 0. The highest BCUT2D eigenvalue weighted by atomic mass is 16.5. The van der Waals surface area contributed by atoms with Crippen molar-refractivity contribution in [2.24, 2.45) is 0 Å². The Morgan fingerprint density at radius 1 is 1.15 bits per heavy atom. The number of oxazole rings is 1. The number of anilines is 1. The summed E-state index contributed by atoms with van der Waals surface area (Å²) < 4.78 is 11.4. The molecule has 1 amide bonds. The molecule has 1 aliphatic heterocycles. The standard InChI is InChI=1S/C20H18N2O5/c1-13-10-14-6-2-3-7-15(14)22(13)18(23)12-26-19(24)11-21-16-8-4-5-9-17(16)27-20(21)25/h2-9,13H,10-12H2,1H3/t13-/m0/s1. The highest BCUT2D eigenvalue weighted by Gasteiger charge is 2.31. The molecule has 27 heavy (non-hydrogen) atoms. The molecule has 1 aliphatic rings. The van der Waals surface area contributed by atoms with Gasteiger partial charge in [-0.3, -0.25) is 14.2 Å². The van der Waals surface area contributed by atoms with E-state index in [4.69, 9.17) is 9.15 Å². The molecular formula is C20H18N2O5. The molecule has 0 saturated heterocycles. The second-order valence-electron chi connectivity index (χ2n) is 6.53. The number of fused-ring (bicyclic) bond motifs is 2. The first-order chi connectivity index (χ1) is 13.0. The van der Waals surface area contributed by atoms with Crippen LogP contribution in [0.15, 0.2) is 57.7 Å². The molecule has 7 heteroatoms. The molecule has 0 bridgehead atoms. The van der Waals surface area contributed by atoms with Crippen LogP contribution in [0.3, 0.4) is 0 Å². The lowest BCUT2D eigenvalue weighted by Crippen LogP contribution is -2.39. The second kappa shape index (κ2) is 6.75. The van der Waals surface area contributed by atoms with Crippen molar-refractivity contribution in [3.8, 4) is 0 Å².